The molecular weight excluding hydrogens is 270 g/mol. The Hall–Kier alpha value is -0.840. The molecule has 0 saturated carbocycles. The SMILES string of the molecule is C=C(Cl)Cn1c(=S)[nH]c2cc(F)c(Cl)cc21. The average molecular weight is 277 g/mol. The van der Waals surface area contributed by atoms with Crippen molar-refractivity contribution in [3.63, 3.8) is 0 Å². The van der Waals surface area contributed by atoms with Gasteiger partial charge in [-0.25, -0.2) is 4.39 Å². The molecule has 1 aromatic heterocycles. The molecule has 84 valence electrons. The van der Waals surface area contributed by atoms with Crippen molar-refractivity contribution in [2.24, 2.45) is 0 Å². The summed E-state index contributed by atoms with van der Waals surface area (Å²) in [6.45, 7) is 3.96. The zero-order chi connectivity index (χ0) is 11.9. The van der Waals surface area contributed by atoms with Crippen LogP contribution in [0.15, 0.2) is 23.7 Å². The Morgan fingerprint density at radius 1 is 1.56 bits per heavy atom. The van der Waals surface area contributed by atoms with Crippen LogP contribution in [0.3, 0.4) is 0 Å². The molecule has 2 rings (SSSR count). The summed E-state index contributed by atoms with van der Waals surface area (Å²) in [6, 6.07) is 2.82. The second-order valence-corrected chi connectivity index (χ2v) is 4.65. The Morgan fingerprint density at radius 2 is 2.25 bits per heavy atom. The molecule has 0 spiro atoms. The summed E-state index contributed by atoms with van der Waals surface area (Å²) in [5, 5.41) is 0.493. The second-order valence-electron chi connectivity index (χ2n) is 3.32. The van der Waals surface area contributed by atoms with Crippen molar-refractivity contribution >= 4 is 46.5 Å². The number of aromatic nitrogens is 2. The van der Waals surface area contributed by atoms with E-state index in [2.05, 4.69) is 11.6 Å². The lowest BCUT2D eigenvalue weighted by Gasteiger charge is -2.02. The fourth-order valence-corrected chi connectivity index (χ4v) is 2.03. The van der Waals surface area contributed by atoms with E-state index in [1.54, 1.807) is 4.57 Å². The van der Waals surface area contributed by atoms with Gasteiger partial charge in [0.2, 0.25) is 0 Å². The van der Waals surface area contributed by atoms with E-state index in [1.165, 1.54) is 12.1 Å². The van der Waals surface area contributed by atoms with Gasteiger partial charge in [-0.1, -0.05) is 29.8 Å². The molecule has 2 nitrogen and oxygen atoms in total. The Labute approximate surface area is 106 Å². The van der Waals surface area contributed by atoms with E-state index in [-0.39, 0.29) is 5.02 Å². The zero-order valence-electron chi connectivity index (χ0n) is 8.06. The smallest absolute Gasteiger partial charge is 0.178 e. The highest BCUT2D eigenvalue weighted by Gasteiger charge is 2.09. The molecule has 0 aliphatic heterocycles. The van der Waals surface area contributed by atoms with Crippen molar-refractivity contribution in [1.29, 1.82) is 0 Å². The topological polar surface area (TPSA) is 20.7 Å². The molecule has 0 unspecified atom stereocenters. The van der Waals surface area contributed by atoms with Crippen molar-refractivity contribution in [1.82, 2.24) is 9.55 Å². The van der Waals surface area contributed by atoms with Gasteiger partial charge in [0.15, 0.2) is 4.77 Å². The van der Waals surface area contributed by atoms with E-state index in [0.29, 0.717) is 27.4 Å². The Balaban J connectivity index is 2.74. The summed E-state index contributed by atoms with van der Waals surface area (Å²) < 4.78 is 15.4. The molecule has 0 amide bonds. The number of hydrogen-bond acceptors (Lipinski definition) is 1. The van der Waals surface area contributed by atoms with E-state index in [1.807, 2.05) is 0 Å². The number of nitrogens with zero attached hydrogens (tertiary/aromatic N) is 1. The molecule has 0 fully saturated rings. The number of rotatable bonds is 2. The van der Waals surface area contributed by atoms with Gasteiger partial charge in [-0.05, 0) is 18.3 Å². The number of nitrogens with one attached hydrogen (secondary N) is 1. The molecule has 1 aromatic carbocycles. The number of allylic oxidation sites excluding steroid dienone is 1. The maximum absolute atomic E-state index is 13.2. The van der Waals surface area contributed by atoms with Crippen LogP contribution in [-0.2, 0) is 6.54 Å². The summed E-state index contributed by atoms with van der Waals surface area (Å²) in [5.74, 6) is -0.484. The minimum Gasteiger partial charge on any atom is -0.330 e. The molecule has 0 radical (unpaired) electrons. The Bertz CT molecular complexity index is 630. The maximum atomic E-state index is 13.2. The highest BCUT2D eigenvalue weighted by Crippen LogP contribution is 2.23. The molecule has 1 heterocycles. The molecule has 0 atom stereocenters. The normalized spacial score (nSPS) is 10.9. The average Bonchev–Trinajstić information content (AvgIpc) is 2.45. The molecule has 2 aromatic rings. The third-order valence-electron chi connectivity index (χ3n) is 2.15. The number of imidazole rings is 1. The molecule has 16 heavy (non-hydrogen) atoms. The largest absolute Gasteiger partial charge is 0.330 e. The van der Waals surface area contributed by atoms with E-state index < -0.39 is 5.82 Å². The number of aromatic amines is 1. The first-order chi connectivity index (χ1) is 7.49. The van der Waals surface area contributed by atoms with Crippen LogP contribution >= 0.6 is 35.4 Å². The molecular formula is C10H7Cl2FN2S. The number of hydrogen-bond donors (Lipinski definition) is 1. The summed E-state index contributed by atoms with van der Waals surface area (Å²) in [6.07, 6.45) is 0. The van der Waals surface area contributed by atoms with Crippen molar-refractivity contribution in [2.45, 2.75) is 6.54 Å². The predicted molar refractivity (Wildman–Crippen MR) is 67.1 cm³/mol. The molecule has 0 aliphatic carbocycles. The van der Waals surface area contributed by atoms with Gasteiger partial charge in [0, 0.05) is 11.1 Å². The summed E-state index contributed by atoms with van der Waals surface area (Å²) in [5.41, 5.74) is 1.29. The standard InChI is InChI=1S/C10H7Cl2FN2S/c1-5(11)4-15-9-2-6(12)7(13)3-8(9)14-10(15)16/h2-3H,1,4H2,(H,14,16). The first-order valence-electron chi connectivity index (χ1n) is 4.40. The number of fused-ring (bicyclic) bond motifs is 1. The summed E-state index contributed by atoms with van der Waals surface area (Å²) in [7, 11) is 0. The maximum Gasteiger partial charge on any atom is 0.178 e. The lowest BCUT2D eigenvalue weighted by atomic mass is 10.3. The van der Waals surface area contributed by atoms with Gasteiger partial charge in [0.25, 0.3) is 0 Å². The fourth-order valence-electron chi connectivity index (χ4n) is 1.48. The van der Waals surface area contributed by atoms with E-state index in [4.69, 9.17) is 35.4 Å². The van der Waals surface area contributed by atoms with Crippen molar-refractivity contribution < 1.29 is 4.39 Å². The lowest BCUT2D eigenvalue weighted by Crippen LogP contribution is -1.97. The van der Waals surface area contributed by atoms with Crippen LogP contribution in [-0.4, -0.2) is 9.55 Å². The van der Waals surface area contributed by atoms with Crippen molar-refractivity contribution in [3.8, 4) is 0 Å². The molecule has 0 bridgehead atoms. The van der Waals surface area contributed by atoms with Crippen LogP contribution in [0.2, 0.25) is 5.02 Å². The highest BCUT2D eigenvalue weighted by atomic mass is 35.5. The van der Waals surface area contributed by atoms with E-state index >= 15 is 0 Å². The minimum absolute atomic E-state index is 0.0513. The van der Waals surface area contributed by atoms with Gasteiger partial charge in [0.1, 0.15) is 5.82 Å². The monoisotopic (exact) mass is 276 g/mol. The van der Waals surface area contributed by atoms with Gasteiger partial charge < -0.3 is 9.55 Å². The first kappa shape index (κ1) is 11.6. The second kappa shape index (κ2) is 4.20. The lowest BCUT2D eigenvalue weighted by molar-refractivity contribution is 0.629. The number of benzene rings is 1. The molecule has 0 aliphatic rings. The third kappa shape index (κ3) is 2.00. The van der Waals surface area contributed by atoms with E-state index in [9.17, 15) is 4.39 Å². The van der Waals surface area contributed by atoms with Crippen LogP contribution in [0, 0.1) is 10.6 Å². The van der Waals surface area contributed by atoms with Crippen LogP contribution in [0.5, 0.6) is 0 Å². The summed E-state index contributed by atoms with van der Waals surface area (Å²) >= 11 is 16.5. The minimum atomic E-state index is -0.484. The summed E-state index contributed by atoms with van der Waals surface area (Å²) in [4.78, 5) is 2.88. The van der Waals surface area contributed by atoms with Gasteiger partial charge in [-0.2, -0.15) is 0 Å². The quantitative estimate of drug-likeness (QED) is 0.814. The van der Waals surface area contributed by atoms with Gasteiger partial charge in [0.05, 0.1) is 22.6 Å². The van der Waals surface area contributed by atoms with Crippen LogP contribution in [0.4, 0.5) is 4.39 Å². The van der Waals surface area contributed by atoms with Gasteiger partial charge in [-0.3, -0.25) is 0 Å². The Kier molecular flexibility index (Phi) is 3.06. The van der Waals surface area contributed by atoms with Crippen LogP contribution in [0.25, 0.3) is 11.0 Å². The molecule has 0 saturated heterocycles. The predicted octanol–water partition coefficient (Wildman–Crippen LogP) is 4.24. The van der Waals surface area contributed by atoms with Gasteiger partial charge >= 0.3 is 0 Å². The molecule has 6 heteroatoms. The van der Waals surface area contributed by atoms with Gasteiger partial charge in [-0.15, -0.1) is 0 Å². The third-order valence-corrected chi connectivity index (χ3v) is 2.88. The van der Waals surface area contributed by atoms with Crippen LogP contribution < -0.4 is 0 Å². The fraction of sp³-hybridized carbons (Fsp3) is 0.100. The molecule has 1 N–H and O–H groups in total. The highest BCUT2D eigenvalue weighted by molar-refractivity contribution is 7.71. The van der Waals surface area contributed by atoms with E-state index in [0.717, 1.165) is 0 Å². The first-order valence-corrected chi connectivity index (χ1v) is 5.56. The number of halogens is 3. The van der Waals surface area contributed by atoms with Crippen LogP contribution in [0.1, 0.15) is 0 Å². The number of H-pyrrole nitrogens is 1. The van der Waals surface area contributed by atoms with Crippen molar-refractivity contribution in [2.75, 3.05) is 0 Å². The Morgan fingerprint density at radius 3 is 2.88 bits per heavy atom. The zero-order valence-corrected chi connectivity index (χ0v) is 10.4. The van der Waals surface area contributed by atoms with Crippen molar-refractivity contribution in [3.05, 3.63) is 39.4 Å².